The molecule has 0 saturated heterocycles. The molecule has 6 heteroatoms. The highest BCUT2D eigenvalue weighted by Crippen LogP contribution is 2.44. The number of benzene rings is 3. The molecule has 0 atom stereocenters. The van der Waals surface area contributed by atoms with Crippen LogP contribution in [0.2, 0.25) is 0 Å². The lowest BCUT2D eigenvalue weighted by Gasteiger charge is -2.26. The lowest BCUT2D eigenvalue weighted by atomic mass is 9.78. The van der Waals surface area contributed by atoms with E-state index in [4.69, 9.17) is 19.4 Å². The molecule has 6 aromatic rings. The molecule has 0 spiro atoms. The number of rotatable bonds is 5. The van der Waals surface area contributed by atoms with Crippen LogP contribution in [0.1, 0.15) is 134 Å². The fraction of sp³-hybridized carbons (Fsp3) is 0.333. The maximum Gasteiger partial charge on any atom is 0.127 e. The van der Waals surface area contributed by atoms with E-state index in [2.05, 4.69) is 190 Å². The van der Waals surface area contributed by atoms with Crippen molar-refractivity contribution in [3.05, 3.63) is 129 Å². The average molecular weight is 837 g/mol. The van der Waals surface area contributed by atoms with Gasteiger partial charge in [-0.15, -0.1) is 0 Å². The minimum absolute atomic E-state index is 0.0686. The van der Waals surface area contributed by atoms with Crippen LogP contribution in [0.15, 0.2) is 78.9 Å². The lowest BCUT2D eigenvalue weighted by Crippen LogP contribution is -2.16. The standard InChI is InChI=1S/C57H64N4O2/c1-33-24-50(63-15)42(32-49(33)62-14)53-47-22-20-45(60-47)51(34-25-36(54(2,3)4)29-37(26-34)55(5,6)7)43-18-16-40(58-43)31-41-17-19-44(59-41)52(46-21-23-48(53)61-46)35-27-38(56(8,9)10)30-39(28-35)57(11,12)13/h16-32,58,61H,1-15H3. The van der Waals surface area contributed by atoms with E-state index in [9.17, 15) is 0 Å². The van der Waals surface area contributed by atoms with Crippen molar-refractivity contribution in [3.63, 3.8) is 0 Å². The Labute approximate surface area is 374 Å². The van der Waals surface area contributed by atoms with Gasteiger partial charge in [0.2, 0.25) is 0 Å². The molecule has 0 amide bonds. The summed E-state index contributed by atoms with van der Waals surface area (Å²) in [4.78, 5) is 18.7. The summed E-state index contributed by atoms with van der Waals surface area (Å²) in [6.45, 7) is 29.5. The number of aromatic nitrogens is 4. The zero-order valence-corrected chi connectivity index (χ0v) is 40.0. The molecule has 3 aromatic carbocycles. The summed E-state index contributed by atoms with van der Waals surface area (Å²) in [5.74, 6) is 1.51. The first kappa shape index (κ1) is 43.5. The second-order valence-corrected chi connectivity index (χ2v) is 21.5. The predicted molar refractivity (Wildman–Crippen MR) is 268 cm³/mol. The molecule has 2 N–H and O–H groups in total. The molecule has 0 unspecified atom stereocenters. The zero-order chi connectivity index (χ0) is 45.4. The van der Waals surface area contributed by atoms with Crippen LogP contribution in [-0.4, -0.2) is 34.2 Å². The minimum Gasteiger partial charge on any atom is -0.496 e. The Morgan fingerprint density at radius 2 is 0.857 bits per heavy atom. The molecule has 2 aliphatic heterocycles. The van der Waals surface area contributed by atoms with Crippen molar-refractivity contribution in [1.29, 1.82) is 0 Å². The van der Waals surface area contributed by atoms with Gasteiger partial charge < -0.3 is 19.4 Å². The normalized spacial score (nSPS) is 13.2. The van der Waals surface area contributed by atoms with Crippen molar-refractivity contribution in [2.45, 2.75) is 112 Å². The average Bonchev–Trinajstić information content (AvgIpc) is 4.04. The number of H-pyrrole nitrogens is 2. The molecule has 3 aromatic heterocycles. The monoisotopic (exact) mass is 837 g/mol. The van der Waals surface area contributed by atoms with E-state index in [0.29, 0.717) is 0 Å². The summed E-state index contributed by atoms with van der Waals surface area (Å²) >= 11 is 0. The van der Waals surface area contributed by atoms with Gasteiger partial charge in [-0.1, -0.05) is 119 Å². The van der Waals surface area contributed by atoms with Crippen molar-refractivity contribution in [1.82, 2.24) is 19.9 Å². The number of nitrogens with zero attached hydrogens (tertiary/aromatic N) is 2. The van der Waals surface area contributed by atoms with Crippen LogP contribution >= 0.6 is 0 Å². The molecule has 0 radical (unpaired) electrons. The summed E-state index contributed by atoms with van der Waals surface area (Å²) in [7, 11) is 3.44. The summed E-state index contributed by atoms with van der Waals surface area (Å²) in [5.41, 5.74) is 19.2. The Hall–Kier alpha value is -6.14. The topological polar surface area (TPSA) is 75.8 Å². The molecule has 8 rings (SSSR count). The predicted octanol–water partition coefficient (Wildman–Crippen LogP) is 15.2. The Morgan fingerprint density at radius 3 is 1.35 bits per heavy atom. The van der Waals surface area contributed by atoms with Crippen molar-refractivity contribution in [3.8, 4) is 44.9 Å². The Kier molecular flexibility index (Phi) is 10.8. The molecule has 63 heavy (non-hydrogen) atoms. The van der Waals surface area contributed by atoms with E-state index in [1.807, 2.05) is 13.0 Å². The van der Waals surface area contributed by atoms with E-state index < -0.39 is 0 Å². The molecule has 2 aliphatic rings. The molecule has 8 bridgehead atoms. The second-order valence-electron chi connectivity index (χ2n) is 21.5. The largest absolute Gasteiger partial charge is 0.496 e. The number of fused-ring (bicyclic) bond motifs is 8. The van der Waals surface area contributed by atoms with Gasteiger partial charge in [0.05, 0.1) is 37.0 Å². The van der Waals surface area contributed by atoms with Crippen LogP contribution in [0.25, 0.3) is 79.8 Å². The van der Waals surface area contributed by atoms with E-state index >= 15 is 0 Å². The van der Waals surface area contributed by atoms with Gasteiger partial charge in [0.15, 0.2) is 0 Å². The maximum absolute atomic E-state index is 6.17. The Morgan fingerprint density at radius 1 is 0.429 bits per heavy atom. The third-order valence-electron chi connectivity index (χ3n) is 12.5. The van der Waals surface area contributed by atoms with Gasteiger partial charge in [0, 0.05) is 44.3 Å². The summed E-state index contributed by atoms with van der Waals surface area (Å²) in [6.07, 6.45) is 8.57. The number of aryl methyl sites for hydroxylation is 1. The highest BCUT2D eigenvalue weighted by atomic mass is 16.5. The van der Waals surface area contributed by atoms with E-state index in [1.54, 1.807) is 14.2 Å². The maximum atomic E-state index is 6.17. The molecule has 5 heterocycles. The third kappa shape index (κ3) is 8.53. The number of methoxy groups -OCH3 is 2. The van der Waals surface area contributed by atoms with Gasteiger partial charge in [-0.05, 0) is 134 Å². The number of nitrogens with one attached hydrogen (secondary N) is 2. The van der Waals surface area contributed by atoms with Crippen LogP contribution in [-0.2, 0) is 21.7 Å². The molecule has 324 valence electrons. The van der Waals surface area contributed by atoms with Crippen LogP contribution in [0.4, 0.5) is 0 Å². The van der Waals surface area contributed by atoms with Crippen molar-refractivity contribution < 1.29 is 9.47 Å². The number of ether oxygens (including phenoxy) is 2. The van der Waals surface area contributed by atoms with Crippen LogP contribution in [0.5, 0.6) is 11.5 Å². The van der Waals surface area contributed by atoms with Crippen molar-refractivity contribution in [2.75, 3.05) is 14.2 Å². The van der Waals surface area contributed by atoms with Crippen molar-refractivity contribution >= 4 is 46.4 Å². The molecular formula is C57H64N4O2. The van der Waals surface area contributed by atoms with Gasteiger partial charge >= 0.3 is 0 Å². The van der Waals surface area contributed by atoms with E-state index in [1.165, 1.54) is 22.3 Å². The first-order valence-corrected chi connectivity index (χ1v) is 22.2. The van der Waals surface area contributed by atoms with Crippen LogP contribution in [0, 0.1) is 6.92 Å². The fourth-order valence-electron chi connectivity index (χ4n) is 8.55. The number of hydrogen-bond donors (Lipinski definition) is 2. The molecule has 6 nitrogen and oxygen atoms in total. The smallest absolute Gasteiger partial charge is 0.127 e. The third-order valence-corrected chi connectivity index (χ3v) is 12.5. The fourth-order valence-corrected chi connectivity index (χ4v) is 8.55. The quantitative estimate of drug-likeness (QED) is 0.181. The Balaban J connectivity index is 1.56. The summed E-state index contributed by atoms with van der Waals surface area (Å²) < 4.78 is 12.1. The first-order chi connectivity index (χ1) is 29.5. The number of aromatic amines is 2. The van der Waals surface area contributed by atoms with Crippen LogP contribution < -0.4 is 9.47 Å². The van der Waals surface area contributed by atoms with E-state index in [-0.39, 0.29) is 21.7 Å². The van der Waals surface area contributed by atoms with Crippen LogP contribution in [0.3, 0.4) is 0 Å². The highest BCUT2D eigenvalue weighted by Gasteiger charge is 2.26. The minimum atomic E-state index is -0.0686. The molecule has 0 aliphatic carbocycles. The molecule has 0 fully saturated rings. The first-order valence-electron chi connectivity index (χ1n) is 22.2. The lowest BCUT2D eigenvalue weighted by molar-refractivity contribution is 0.402. The SMILES string of the molecule is COc1cc(-c2c3nc(c(-c4cc(C(C)(C)C)cc(C(C)(C)C)c4)c4ccc(cc5nc(c(-c6cc(C(C)(C)C)cc(C(C)(C)C)c6)c6ccc2[nH]6)C=C5)[nH]4)C=C3)c(OC)cc1C. The van der Waals surface area contributed by atoms with Crippen molar-refractivity contribution in [2.24, 2.45) is 0 Å². The van der Waals surface area contributed by atoms with E-state index in [0.717, 1.165) is 95.3 Å². The van der Waals surface area contributed by atoms with Gasteiger partial charge in [0.1, 0.15) is 11.5 Å². The highest BCUT2D eigenvalue weighted by molar-refractivity contribution is 5.99. The van der Waals surface area contributed by atoms with Gasteiger partial charge in [0.25, 0.3) is 0 Å². The molecule has 0 saturated carbocycles. The molecular weight excluding hydrogens is 773 g/mol. The number of hydrogen-bond acceptors (Lipinski definition) is 4. The zero-order valence-electron chi connectivity index (χ0n) is 40.0. The van der Waals surface area contributed by atoms with Gasteiger partial charge in [-0.3, -0.25) is 0 Å². The Bertz CT molecular complexity index is 2880. The van der Waals surface area contributed by atoms with Gasteiger partial charge in [-0.25, -0.2) is 9.97 Å². The summed E-state index contributed by atoms with van der Waals surface area (Å²) in [6, 6.07) is 29.1. The van der Waals surface area contributed by atoms with Gasteiger partial charge in [-0.2, -0.15) is 0 Å². The summed E-state index contributed by atoms with van der Waals surface area (Å²) in [5, 5.41) is 0. The second kappa shape index (κ2) is 15.6.